The molecule has 0 aliphatic heterocycles. The minimum Gasteiger partial charge on any atom is -0.508 e. The van der Waals surface area contributed by atoms with Crippen molar-refractivity contribution in [2.75, 3.05) is 0 Å². The summed E-state index contributed by atoms with van der Waals surface area (Å²) >= 11 is 0. The summed E-state index contributed by atoms with van der Waals surface area (Å²) in [4.78, 5) is 0. The zero-order chi connectivity index (χ0) is 13.7. The van der Waals surface area contributed by atoms with E-state index in [-0.39, 0.29) is 0 Å². The fraction of sp³-hybridized carbons (Fsp3) is 0.333. The monoisotopic (exact) mass is 254 g/mol. The molecule has 0 spiro atoms. The Balaban J connectivity index is 0.000000637. The molecule has 0 amide bonds. The maximum atomic E-state index is 9.58. The Labute approximate surface area is 115 Å². The average molecular weight is 254 g/mol. The van der Waals surface area contributed by atoms with Gasteiger partial charge >= 0.3 is 0 Å². The molecule has 19 heavy (non-hydrogen) atoms. The molecule has 0 bridgehead atoms. The zero-order valence-electron chi connectivity index (χ0n) is 11.8. The van der Waals surface area contributed by atoms with E-state index in [0.29, 0.717) is 5.75 Å². The fourth-order valence-corrected chi connectivity index (χ4v) is 2.73. The summed E-state index contributed by atoms with van der Waals surface area (Å²) in [6, 6.07) is 14.1. The molecule has 0 atom stereocenters. The number of aryl methyl sites for hydroxylation is 1. The molecule has 1 heteroatoms. The molecular weight excluding hydrogens is 232 g/mol. The predicted octanol–water partition coefficient (Wildman–Crippen LogP) is 4.96. The van der Waals surface area contributed by atoms with Gasteiger partial charge < -0.3 is 5.11 Å². The van der Waals surface area contributed by atoms with E-state index in [1.165, 1.54) is 42.4 Å². The molecule has 0 unspecified atom stereocenters. The second-order valence-corrected chi connectivity index (χ2v) is 4.70. The molecule has 0 radical (unpaired) electrons. The van der Waals surface area contributed by atoms with E-state index in [0.717, 1.165) is 5.56 Å². The van der Waals surface area contributed by atoms with Gasteiger partial charge in [0.05, 0.1) is 0 Å². The van der Waals surface area contributed by atoms with Gasteiger partial charge in [-0.1, -0.05) is 44.2 Å². The molecule has 2 aromatic rings. The van der Waals surface area contributed by atoms with Crippen LogP contribution in [-0.2, 0) is 12.8 Å². The van der Waals surface area contributed by atoms with Crippen molar-refractivity contribution >= 4 is 0 Å². The summed E-state index contributed by atoms with van der Waals surface area (Å²) in [7, 11) is 0. The first kappa shape index (κ1) is 13.7. The van der Waals surface area contributed by atoms with Gasteiger partial charge in [-0.25, -0.2) is 0 Å². The predicted molar refractivity (Wildman–Crippen MR) is 81.5 cm³/mol. The number of rotatable bonds is 1. The van der Waals surface area contributed by atoms with Crippen LogP contribution in [0.1, 0.15) is 37.8 Å². The highest BCUT2D eigenvalue weighted by molar-refractivity contribution is 5.70. The Morgan fingerprint density at radius 3 is 2.42 bits per heavy atom. The van der Waals surface area contributed by atoms with Crippen molar-refractivity contribution in [3.8, 4) is 16.9 Å². The standard InChI is InChI=1S/C16H16O.C2H6/c17-14-8-3-7-13(11-14)16-10-4-6-12-5-1-2-9-15(12)16;1-2/h3-4,6-8,10-11,17H,1-2,5,9H2;1-2H3. The van der Waals surface area contributed by atoms with Gasteiger partial charge in [0.25, 0.3) is 0 Å². The molecule has 3 rings (SSSR count). The van der Waals surface area contributed by atoms with Gasteiger partial charge in [-0.05, 0) is 60.1 Å². The van der Waals surface area contributed by atoms with Gasteiger partial charge in [0.2, 0.25) is 0 Å². The SMILES string of the molecule is CC.Oc1cccc(-c2cccc3c2CCCC3)c1. The Bertz CT molecular complexity index is 543. The van der Waals surface area contributed by atoms with Crippen LogP contribution in [0.25, 0.3) is 11.1 Å². The van der Waals surface area contributed by atoms with Crippen LogP contribution in [0.15, 0.2) is 42.5 Å². The van der Waals surface area contributed by atoms with Gasteiger partial charge in [-0.15, -0.1) is 0 Å². The van der Waals surface area contributed by atoms with Crippen molar-refractivity contribution in [1.29, 1.82) is 0 Å². The lowest BCUT2D eigenvalue weighted by Crippen LogP contribution is -2.04. The minimum atomic E-state index is 0.343. The number of phenolic OH excluding ortho intramolecular Hbond substituents is 1. The molecule has 0 fully saturated rings. The Kier molecular flexibility index (Phi) is 4.62. The summed E-state index contributed by atoms with van der Waals surface area (Å²) in [5.41, 5.74) is 5.38. The van der Waals surface area contributed by atoms with Crippen LogP contribution in [0.5, 0.6) is 5.75 Å². The molecule has 0 aromatic heterocycles. The van der Waals surface area contributed by atoms with Gasteiger partial charge in [0, 0.05) is 0 Å². The Morgan fingerprint density at radius 2 is 1.63 bits per heavy atom. The number of hydrogen-bond acceptors (Lipinski definition) is 1. The third-order valence-electron chi connectivity index (χ3n) is 3.55. The van der Waals surface area contributed by atoms with Crippen LogP contribution in [0.3, 0.4) is 0 Å². The van der Waals surface area contributed by atoms with Crippen LogP contribution in [0.2, 0.25) is 0 Å². The molecule has 0 heterocycles. The van der Waals surface area contributed by atoms with E-state index in [2.05, 4.69) is 24.3 Å². The highest BCUT2D eigenvalue weighted by atomic mass is 16.3. The molecule has 1 aliphatic carbocycles. The maximum Gasteiger partial charge on any atom is 0.116 e. The van der Waals surface area contributed by atoms with Crippen molar-refractivity contribution in [1.82, 2.24) is 0 Å². The topological polar surface area (TPSA) is 20.2 Å². The van der Waals surface area contributed by atoms with E-state index in [9.17, 15) is 5.11 Å². The maximum absolute atomic E-state index is 9.58. The largest absolute Gasteiger partial charge is 0.508 e. The van der Waals surface area contributed by atoms with E-state index < -0.39 is 0 Å². The summed E-state index contributed by atoms with van der Waals surface area (Å²) in [5.74, 6) is 0.343. The van der Waals surface area contributed by atoms with Gasteiger partial charge in [-0.3, -0.25) is 0 Å². The van der Waals surface area contributed by atoms with E-state index >= 15 is 0 Å². The molecule has 0 saturated carbocycles. The number of aromatic hydroxyl groups is 1. The van der Waals surface area contributed by atoms with Crippen molar-refractivity contribution in [3.05, 3.63) is 53.6 Å². The summed E-state index contributed by atoms with van der Waals surface area (Å²) in [5, 5.41) is 9.58. The van der Waals surface area contributed by atoms with Crippen LogP contribution in [0.4, 0.5) is 0 Å². The lowest BCUT2D eigenvalue weighted by atomic mass is 9.86. The quantitative estimate of drug-likeness (QED) is 0.762. The van der Waals surface area contributed by atoms with Gasteiger partial charge in [0.1, 0.15) is 5.75 Å². The summed E-state index contributed by atoms with van der Waals surface area (Å²) in [6.07, 6.45) is 4.95. The Morgan fingerprint density at radius 1 is 0.895 bits per heavy atom. The lowest BCUT2D eigenvalue weighted by molar-refractivity contribution is 0.475. The number of benzene rings is 2. The number of fused-ring (bicyclic) bond motifs is 1. The minimum absolute atomic E-state index is 0.343. The molecule has 100 valence electrons. The Hall–Kier alpha value is -1.76. The van der Waals surface area contributed by atoms with E-state index in [1.54, 1.807) is 6.07 Å². The zero-order valence-corrected chi connectivity index (χ0v) is 11.8. The second-order valence-electron chi connectivity index (χ2n) is 4.70. The average Bonchev–Trinajstić information content (AvgIpc) is 2.49. The van der Waals surface area contributed by atoms with Crippen LogP contribution >= 0.6 is 0 Å². The first-order valence-electron chi connectivity index (χ1n) is 7.25. The first-order valence-corrected chi connectivity index (χ1v) is 7.25. The molecule has 0 saturated heterocycles. The van der Waals surface area contributed by atoms with E-state index in [1.807, 2.05) is 26.0 Å². The van der Waals surface area contributed by atoms with Crippen LogP contribution < -0.4 is 0 Å². The third-order valence-corrected chi connectivity index (χ3v) is 3.55. The molecular formula is C18H22O. The van der Waals surface area contributed by atoms with Crippen molar-refractivity contribution in [2.45, 2.75) is 39.5 Å². The fourth-order valence-electron chi connectivity index (χ4n) is 2.73. The number of phenols is 1. The molecule has 1 aliphatic rings. The van der Waals surface area contributed by atoms with E-state index in [4.69, 9.17) is 0 Å². The molecule has 1 nitrogen and oxygen atoms in total. The highest BCUT2D eigenvalue weighted by Gasteiger charge is 2.13. The first-order chi connectivity index (χ1) is 9.34. The van der Waals surface area contributed by atoms with Gasteiger partial charge in [-0.2, -0.15) is 0 Å². The number of hydrogen-bond donors (Lipinski definition) is 1. The van der Waals surface area contributed by atoms with Gasteiger partial charge in [0.15, 0.2) is 0 Å². The van der Waals surface area contributed by atoms with Crippen molar-refractivity contribution in [3.63, 3.8) is 0 Å². The smallest absolute Gasteiger partial charge is 0.116 e. The van der Waals surface area contributed by atoms with Crippen molar-refractivity contribution in [2.24, 2.45) is 0 Å². The van der Waals surface area contributed by atoms with Crippen LogP contribution in [-0.4, -0.2) is 5.11 Å². The van der Waals surface area contributed by atoms with Crippen molar-refractivity contribution < 1.29 is 5.11 Å². The molecule has 2 aromatic carbocycles. The summed E-state index contributed by atoms with van der Waals surface area (Å²) in [6.45, 7) is 4.00. The third kappa shape index (κ3) is 2.98. The molecule has 1 N–H and O–H groups in total. The van der Waals surface area contributed by atoms with Crippen LogP contribution in [0, 0.1) is 0 Å². The lowest BCUT2D eigenvalue weighted by Gasteiger charge is -2.19. The second kappa shape index (κ2) is 6.42. The highest BCUT2D eigenvalue weighted by Crippen LogP contribution is 2.32. The summed E-state index contributed by atoms with van der Waals surface area (Å²) < 4.78 is 0. The normalized spacial score (nSPS) is 13.2.